The summed E-state index contributed by atoms with van der Waals surface area (Å²) in [5.41, 5.74) is 0.242. The van der Waals surface area contributed by atoms with E-state index in [4.69, 9.17) is 0 Å². The fourth-order valence-corrected chi connectivity index (χ4v) is 3.11. The zero-order valence-electron chi connectivity index (χ0n) is 13.8. The molecular formula is C16H20N4O4S. The smallest absolute Gasteiger partial charge is 0.266 e. The average Bonchev–Trinajstić information content (AvgIpc) is 2.57. The Morgan fingerprint density at radius 2 is 1.92 bits per heavy atom. The first-order chi connectivity index (χ1) is 11.9. The van der Waals surface area contributed by atoms with Gasteiger partial charge in [0.1, 0.15) is 0 Å². The van der Waals surface area contributed by atoms with Crippen LogP contribution in [-0.2, 0) is 21.4 Å². The Balaban J connectivity index is 1.96. The zero-order valence-corrected chi connectivity index (χ0v) is 14.6. The van der Waals surface area contributed by atoms with Gasteiger partial charge in [0.05, 0.1) is 11.4 Å². The maximum atomic E-state index is 12.2. The van der Waals surface area contributed by atoms with Gasteiger partial charge in [-0.25, -0.2) is 17.8 Å². The molecule has 8 nitrogen and oxygen atoms in total. The van der Waals surface area contributed by atoms with Crippen LogP contribution >= 0.6 is 0 Å². The summed E-state index contributed by atoms with van der Waals surface area (Å²) in [6, 6.07) is 8.77. The molecular weight excluding hydrogens is 344 g/mol. The van der Waals surface area contributed by atoms with E-state index < -0.39 is 10.0 Å². The van der Waals surface area contributed by atoms with Crippen LogP contribution in [0.1, 0.15) is 19.8 Å². The number of aromatic nitrogens is 2. The van der Waals surface area contributed by atoms with E-state index in [9.17, 15) is 18.0 Å². The highest BCUT2D eigenvalue weighted by Gasteiger charge is 2.13. The highest BCUT2D eigenvalue weighted by Crippen LogP contribution is 2.14. The molecule has 0 aliphatic heterocycles. The number of hydrogen-bond donors (Lipinski definition) is 2. The van der Waals surface area contributed by atoms with Crippen LogP contribution in [0.25, 0.3) is 0 Å². The van der Waals surface area contributed by atoms with Gasteiger partial charge in [0.2, 0.25) is 15.9 Å². The third kappa shape index (κ3) is 5.50. The molecule has 134 valence electrons. The third-order valence-electron chi connectivity index (χ3n) is 3.33. The topological polar surface area (TPSA) is 110 Å². The fourth-order valence-electron chi connectivity index (χ4n) is 2.09. The van der Waals surface area contributed by atoms with Crippen molar-refractivity contribution in [2.45, 2.75) is 31.2 Å². The van der Waals surface area contributed by atoms with Crippen LogP contribution in [0.5, 0.6) is 0 Å². The van der Waals surface area contributed by atoms with Gasteiger partial charge < -0.3 is 5.32 Å². The van der Waals surface area contributed by atoms with Crippen LogP contribution in [0.3, 0.4) is 0 Å². The van der Waals surface area contributed by atoms with Crippen molar-refractivity contribution in [2.75, 3.05) is 11.9 Å². The molecule has 1 heterocycles. The summed E-state index contributed by atoms with van der Waals surface area (Å²) >= 11 is 0. The predicted octanol–water partition coefficient (Wildman–Crippen LogP) is 0.960. The summed E-state index contributed by atoms with van der Waals surface area (Å²) in [7, 11) is -3.70. The van der Waals surface area contributed by atoms with Gasteiger partial charge in [0.15, 0.2) is 0 Å². The number of nitrogens with zero attached hydrogens (tertiary/aromatic N) is 2. The van der Waals surface area contributed by atoms with E-state index in [1.54, 1.807) is 0 Å². The summed E-state index contributed by atoms with van der Waals surface area (Å²) in [5.74, 6) is -0.114. The second-order valence-corrected chi connectivity index (χ2v) is 7.07. The van der Waals surface area contributed by atoms with E-state index in [0.29, 0.717) is 12.1 Å². The fraction of sp³-hybridized carbons (Fsp3) is 0.312. The predicted molar refractivity (Wildman–Crippen MR) is 93.7 cm³/mol. The van der Waals surface area contributed by atoms with E-state index in [1.807, 2.05) is 6.92 Å². The molecule has 2 N–H and O–H groups in total. The molecule has 2 aromatic rings. The lowest BCUT2D eigenvalue weighted by atomic mass is 10.3. The minimum Gasteiger partial charge on any atom is -0.326 e. The number of carbonyl (C=O) groups excluding carboxylic acids is 1. The van der Waals surface area contributed by atoms with Crippen molar-refractivity contribution in [3.63, 3.8) is 0 Å². The van der Waals surface area contributed by atoms with Gasteiger partial charge in [-0.05, 0) is 36.8 Å². The number of benzene rings is 1. The molecule has 0 atom stereocenters. The van der Waals surface area contributed by atoms with Crippen LogP contribution < -0.4 is 15.6 Å². The molecule has 9 heteroatoms. The van der Waals surface area contributed by atoms with Gasteiger partial charge in [0.25, 0.3) is 5.56 Å². The van der Waals surface area contributed by atoms with Crippen LogP contribution in [0, 0.1) is 0 Å². The number of carbonyl (C=O) groups is 1. The monoisotopic (exact) mass is 364 g/mol. The van der Waals surface area contributed by atoms with Crippen LogP contribution in [-0.4, -0.2) is 30.7 Å². The largest absolute Gasteiger partial charge is 0.326 e. The van der Waals surface area contributed by atoms with Crippen LogP contribution in [0.15, 0.2) is 52.3 Å². The molecule has 0 spiro atoms. The van der Waals surface area contributed by atoms with Crippen LogP contribution in [0.2, 0.25) is 0 Å². The maximum absolute atomic E-state index is 12.2. The second-order valence-electron chi connectivity index (χ2n) is 5.31. The quantitative estimate of drug-likeness (QED) is 0.725. The van der Waals surface area contributed by atoms with Gasteiger partial charge in [-0.3, -0.25) is 9.59 Å². The summed E-state index contributed by atoms with van der Waals surface area (Å²) in [6.07, 6.45) is 2.61. The molecule has 25 heavy (non-hydrogen) atoms. The zero-order chi connectivity index (χ0) is 18.3. The molecule has 1 aromatic carbocycles. The number of rotatable bonds is 8. The second kappa shape index (κ2) is 8.54. The highest BCUT2D eigenvalue weighted by molar-refractivity contribution is 7.89. The van der Waals surface area contributed by atoms with Crippen molar-refractivity contribution < 1.29 is 13.2 Å². The van der Waals surface area contributed by atoms with Crippen molar-refractivity contribution in [1.29, 1.82) is 0 Å². The summed E-state index contributed by atoms with van der Waals surface area (Å²) in [5, 5.41) is 6.55. The molecule has 1 amide bonds. The lowest BCUT2D eigenvalue weighted by Gasteiger charge is -2.09. The number of anilines is 1. The standard InChI is InChI=1S/C16H20N4O4S/c1-2-4-15(21)19-13-6-8-14(9-7-13)25(23,24)18-11-12-20-16(22)5-3-10-17-20/h3,5-10,18H,2,4,11-12H2,1H3,(H,19,21). The van der Waals surface area contributed by atoms with Crippen molar-refractivity contribution in [2.24, 2.45) is 0 Å². The molecule has 0 saturated heterocycles. The lowest BCUT2D eigenvalue weighted by molar-refractivity contribution is -0.116. The number of nitrogens with one attached hydrogen (secondary N) is 2. The number of amides is 1. The Labute approximate surface area is 145 Å². The Morgan fingerprint density at radius 1 is 1.20 bits per heavy atom. The number of sulfonamides is 1. The summed E-state index contributed by atoms with van der Waals surface area (Å²) in [6.45, 7) is 2.07. The van der Waals surface area contributed by atoms with E-state index in [2.05, 4.69) is 15.1 Å². The van der Waals surface area contributed by atoms with Gasteiger partial charge in [0, 0.05) is 30.9 Å². The molecule has 0 saturated carbocycles. The molecule has 0 aliphatic carbocycles. The Morgan fingerprint density at radius 3 is 2.56 bits per heavy atom. The van der Waals surface area contributed by atoms with E-state index >= 15 is 0 Å². The average molecular weight is 364 g/mol. The summed E-state index contributed by atoms with van der Waals surface area (Å²) in [4.78, 5) is 23.1. The molecule has 2 rings (SSSR count). The van der Waals surface area contributed by atoms with E-state index in [1.165, 1.54) is 47.3 Å². The minimum atomic E-state index is -3.70. The van der Waals surface area contributed by atoms with Gasteiger partial charge in [-0.2, -0.15) is 5.10 Å². The highest BCUT2D eigenvalue weighted by atomic mass is 32.2. The van der Waals surface area contributed by atoms with Gasteiger partial charge >= 0.3 is 0 Å². The lowest BCUT2D eigenvalue weighted by Crippen LogP contribution is -2.31. The van der Waals surface area contributed by atoms with Crippen LogP contribution in [0.4, 0.5) is 5.69 Å². The maximum Gasteiger partial charge on any atom is 0.266 e. The molecule has 0 fully saturated rings. The van der Waals surface area contributed by atoms with E-state index in [-0.39, 0.29) is 29.5 Å². The third-order valence-corrected chi connectivity index (χ3v) is 4.80. The van der Waals surface area contributed by atoms with E-state index in [0.717, 1.165) is 6.42 Å². The van der Waals surface area contributed by atoms with Crippen molar-refractivity contribution >= 4 is 21.6 Å². The molecule has 1 aromatic heterocycles. The van der Waals surface area contributed by atoms with Crippen molar-refractivity contribution in [3.8, 4) is 0 Å². The first kappa shape index (κ1) is 18.8. The Bertz CT molecular complexity index is 876. The first-order valence-electron chi connectivity index (χ1n) is 7.84. The summed E-state index contributed by atoms with van der Waals surface area (Å²) < 4.78 is 28.1. The normalized spacial score (nSPS) is 11.2. The molecule has 0 aliphatic rings. The van der Waals surface area contributed by atoms with Crippen molar-refractivity contribution in [1.82, 2.24) is 14.5 Å². The van der Waals surface area contributed by atoms with Gasteiger partial charge in [-0.15, -0.1) is 0 Å². The Kier molecular flexibility index (Phi) is 6.43. The SMILES string of the molecule is CCCC(=O)Nc1ccc(S(=O)(=O)NCCn2ncccc2=O)cc1. The minimum absolute atomic E-state index is 0.0360. The number of hydrogen-bond acceptors (Lipinski definition) is 5. The molecule has 0 radical (unpaired) electrons. The van der Waals surface area contributed by atoms with Gasteiger partial charge in [-0.1, -0.05) is 6.92 Å². The first-order valence-corrected chi connectivity index (χ1v) is 9.32. The molecule has 0 bridgehead atoms. The molecule has 0 unspecified atom stereocenters. The Hall–Kier alpha value is -2.52. The van der Waals surface area contributed by atoms with Crippen molar-refractivity contribution in [3.05, 3.63) is 52.9 Å².